The highest BCUT2D eigenvalue weighted by Gasteiger charge is 2.38. The summed E-state index contributed by atoms with van der Waals surface area (Å²) in [6.45, 7) is 12.4. The van der Waals surface area contributed by atoms with Crippen LogP contribution in [0.1, 0.15) is 59.6 Å². The quantitative estimate of drug-likeness (QED) is 0.379. The number of phenols is 1. The maximum atomic E-state index is 14.6. The number of allylic oxidation sites excluding steroid dienone is 3. The van der Waals surface area contributed by atoms with Crippen LogP contribution >= 0.6 is 0 Å². The van der Waals surface area contributed by atoms with E-state index in [1.165, 1.54) is 12.1 Å². The third-order valence-electron chi connectivity index (χ3n) is 4.84. The lowest BCUT2D eigenvalue weighted by Gasteiger charge is -2.42. The van der Waals surface area contributed by atoms with Crippen LogP contribution in [0.15, 0.2) is 53.5 Å². The molecule has 0 fully saturated rings. The molecule has 0 saturated carbocycles. The summed E-state index contributed by atoms with van der Waals surface area (Å²) in [5.41, 5.74) is 7.08. The fourth-order valence-electron chi connectivity index (χ4n) is 3.49. The fourth-order valence-corrected chi connectivity index (χ4v) is 3.49. The molecule has 0 radical (unpaired) electrons. The lowest BCUT2D eigenvalue weighted by molar-refractivity contribution is -0.928. The fraction of sp³-hybridized carbons (Fsp3) is 0.500. The van der Waals surface area contributed by atoms with Gasteiger partial charge in [0.2, 0.25) is 0 Å². The van der Waals surface area contributed by atoms with Crippen molar-refractivity contribution in [1.82, 2.24) is 0 Å². The Labute approximate surface area is 189 Å². The van der Waals surface area contributed by atoms with E-state index in [2.05, 4.69) is 4.74 Å². The maximum Gasteiger partial charge on any atom is 0.573 e. The van der Waals surface area contributed by atoms with Gasteiger partial charge in [-0.1, -0.05) is 33.8 Å². The van der Waals surface area contributed by atoms with E-state index in [0.717, 1.165) is 12.1 Å². The van der Waals surface area contributed by atoms with Crippen molar-refractivity contribution in [3.05, 3.63) is 59.1 Å². The third kappa shape index (κ3) is 8.57. The number of rotatable bonds is 4. The number of halogens is 4. The summed E-state index contributed by atoms with van der Waals surface area (Å²) in [6, 6.07) is 2.76. The molecule has 8 heteroatoms. The molecule has 2 rings (SSSR count). The van der Waals surface area contributed by atoms with Crippen LogP contribution in [0.2, 0.25) is 0 Å². The molecule has 1 aromatic carbocycles. The average molecular weight is 462 g/mol. The minimum absolute atomic E-state index is 0.297. The van der Waals surface area contributed by atoms with Gasteiger partial charge in [-0.05, 0) is 38.1 Å². The van der Waals surface area contributed by atoms with Gasteiger partial charge < -0.3 is 20.1 Å². The standard InChI is InChI=1S/C20H24F4N2O2.2C2H6/c1-13(25)9-11-26(3)10-5-4-6-17(21)14(2)19(26)16-8-7-15(12-18(16)27)28-20(22,23)24;2*1-2/h4,6-9,12,19H,5,10-11,25H2,1-3H3;2*1-2H3/p+1/b6-4-,13-9+,17-14-;;. The van der Waals surface area contributed by atoms with Crippen molar-refractivity contribution in [2.45, 2.75) is 60.4 Å². The molecule has 1 aromatic rings. The molecule has 0 amide bonds. The van der Waals surface area contributed by atoms with Gasteiger partial charge in [0.05, 0.1) is 25.7 Å². The normalized spacial score (nSPS) is 24.7. The molecular weight excluding hydrogens is 424 g/mol. The Morgan fingerprint density at radius 3 is 2.34 bits per heavy atom. The molecule has 0 bridgehead atoms. The van der Waals surface area contributed by atoms with Crippen LogP contribution in [-0.4, -0.2) is 36.1 Å². The Hall–Kier alpha value is -2.48. The monoisotopic (exact) mass is 461 g/mol. The second kappa shape index (κ2) is 13.2. The van der Waals surface area contributed by atoms with Crippen LogP contribution in [0, 0.1) is 0 Å². The SMILES string of the molecule is C/C1=C(F)\C=C/CC[N+](C)(C/C=C(\C)N)C1c1ccc(OC(F)(F)F)cc1O.CC.CC. The highest BCUT2D eigenvalue weighted by molar-refractivity contribution is 5.44. The lowest BCUT2D eigenvalue weighted by Crippen LogP contribution is -2.49. The van der Waals surface area contributed by atoms with Crippen LogP contribution in [0.4, 0.5) is 17.6 Å². The molecule has 1 heterocycles. The number of nitrogens with zero attached hydrogens (tertiary/aromatic N) is 1. The van der Waals surface area contributed by atoms with Crippen molar-refractivity contribution in [3.63, 3.8) is 0 Å². The van der Waals surface area contributed by atoms with Crippen LogP contribution < -0.4 is 10.5 Å². The third-order valence-corrected chi connectivity index (χ3v) is 4.84. The summed E-state index contributed by atoms with van der Waals surface area (Å²) in [6.07, 6.45) is 0.677. The second-order valence-corrected chi connectivity index (χ2v) is 7.23. The van der Waals surface area contributed by atoms with Crippen molar-refractivity contribution in [1.29, 1.82) is 0 Å². The van der Waals surface area contributed by atoms with Gasteiger partial charge in [0.25, 0.3) is 0 Å². The lowest BCUT2D eigenvalue weighted by atomic mass is 9.92. The first kappa shape index (κ1) is 29.5. The van der Waals surface area contributed by atoms with Gasteiger partial charge in [-0.2, -0.15) is 0 Å². The van der Waals surface area contributed by atoms with E-state index >= 15 is 0 Å². The number of aromatic hydroxyl groups is 1. The molecule has 0 saturated heterocycles. The number of ether oxygens (including phenoxy) is 1. The van der Waals surface area contributed by atoms with Crippen molar-refractivity contribution in [2.24, 2.45) is 5.73 Å². The van der Waals surface area contributed by atoms with Crippen LogP contribution in [0.25, 0.3) is 0 Å². The zero-order valence-corrected chi connectivity index (χ0v) is 20.1. The van der Waals surface area contributed by atoms with E-state index in [-0.39, 0.29) is 5.75 Å². The van der Waals surface area contributed by atoms with Crippen molar-refractivity contribution < 1.29 is 31.9 Å². The highest BCUT2D eigenvalue weighted by atomic mass is 19.4. The Balaban J connectivity index is 0.00000227. The van der Waals surface area contributed by atoms with Gasteiger partial charge in [-0.15, -0.1) is 13.2 Å². The van der Waals surface area contributed by atoms with Gasteiger partial charge in [0, 0.05) is 23.8 Å². The summed E-state index contributed by atoms with van der Waals surface area (Å²) in [7, 11) is 1.90. The molecular formula is C24H37F4N2O2+. The first-order chi connectivity index (χ1) is 14.9. The van der Waals surface area contributed by atoms with E-state index in [1.54, 1.807) is 19.9 Å². The summed E-state index contributed by atoms with van der Waals surface area (Å²) in [4.78, 5) is 0. The Kier molecular flexibility index (Phi) is 12.1. The molecule has 3 N–H and O–H groups in total. The van der Waals surface area contributed by atoms with Gasteiger partial charge >= 0.3 is 6.36 Å². The zero-order chi connectivity index (χ0) is 25.1. The molecule has 4 nitrogen and oxygen atoms in total. The number of nitrogens with two attached hydrogens (primary N) is 1. The number of likely N-dealkylation sites (N-methyl/N-ethyl adjacent to an activating group) is 1. The summed E-state index contributed by atoms with van der Waals surface area (Å²) >= 11 is 0. The summed E-state index contributed by atoms with van der Waals surface area (Å²) in [5.74, 6) is -1.35. The zero-order valence-electron chi connectivity index (χ0n) is 20.1. The van der Waals surface area contributed by atoms with Crippen molar-refractivity contribution in [3.8, 4) is 11.5 Å². The Morgan fingerprint density at radius 2 is 1.84 bits per heavy atom. The predicted molar refractivity (Wildman–Crippen MR) is 122 cm³/mol. The Bertz CT molecular complexity index is 813. The molecule has 0 aromatic heterocycles. The van der Waals surface area contributed by atoms with Crippen molar-refractivity contribution in [2.75, 3.05) is 20.1 Å². The first-order valence-electron chi connectivity index (χ1n) is 10.8. The predicted octanol–water partition coefficient (Wildman–Crippen LogP) is 6.90. The first-order valence-corrected chi connectivity index (χ1v) is 10.8. The number of hydrogen-bond donors (Lipinski definition) is 2. The number of benzene rings is 1. The van der Waals surface area contributed by atoms with Gasteiger partial charge in [-0.25, -0.2) is 4.39 Å². The van der Waals surface area contributed by atoms with Crippen LogP contribution in [0.5, 0.6) is 11.5 Å². The molecule has 0 spiro atoms. The number of phenolic OH excluding ortho intramolecular Hbond substituents is 1. The molecule has 2 unspecified atom stereocenters. The van der Waals surface area contributed by atoms with Gasteiger partial charge in [0.15, 0.2) is 0 Å². The topological polar surface area (TPSA) is 55.5 Å². The van der Waals surface area contributed by atoms with E-state index < -0.39 is 24.0 Å². The number of hydrogen-bond acceptors (Lipinski definition) is 3. The smallest absolute Gasteiger partial charge is 0.507 e. The molecule has 0 aliphatic carbocycles. The van der Waals surface area contributed by atoms with Gasteiger partial charge in [0.1, 0.15) is 23.4 Å². The minimum Gasteiger partial charge on any atom is -0.507 e. The Morgan fingerprint density at radius 1 is 1.25 bits per heavy atom. The maximum absolute atomic E-state index is 14.6. The molecule has 1 aliphatic heterocycles. The summed E-state index contributed by atoms with van der Waals surface area (Å²) < 4.78 is 56.1. The minimum atomic E-state index is -4.87. The molecule has 2 atom stereocenters. The van der Waals surface area contributed by atoms with E-state index in [9.17, 15) is 22.7 Å². The van der Waals surface area contributed by atoms with E-state index in [4.69, 9.17) is 5.73 Å². The largest absolute Gasteiger partial charge is 0.573 e. The number of quaternary nitrogens is 1. The van der Waals surface area contributed by atoms with Crippen LogP contribution in [0.3, 0.4) is 0 Å². The van der Waals surface area contributed by atoms with Crippen molar-refractivity contribution >= 4 is 0 Å². The van der Waals surface area contributed by atoms with E-state index in [0.29, 0.717) is 40.8 Å². The average Bonchev–Trinajstić information content (AvgIpc) is 2.72. The molecule has 182 valence electrons. The van der Waals surface area contributed by atoms with Crippen LogP contribution in [-0.2, 0) is 0 Å². The highest BCUT2D eigenvalue weighted by Crippen LogP contribution is 2.42. The summed E-state index contributed by atoms with van der Waals surface area (Å²) in [5, 5.41) is 10.5. The van der Waals surface area contributed by atoms with Gasteiger partial charge in [-0.3, -0.25) is 0 Å². The second-order valence-electron chi connectivity index (χ2n) is 7.23. The number of alkyl halides is 3. The van der Waals surface area contributed by atoms with E-state index in [1.807, 2.05) is 40.8 Å². The molecule has 1 aliphatic rings. The molecule has 32 heavy (non-hydrogen) atoms.